The molecule has 152 valence electrons. The minimum absolute atomic E-state index is 0.0209. The van der Waals surface area contributed by atoms with Gasteiger partial charge in [0.1, 0.15) is 11.7 Å². The average molecular weight is 413 g/mol. The van der Waals surface area contributed by atoms with Gasteiger partial charge in [-0.25, -0.2) is 8.42 Å². The van der Waals surface area contributed by atoms with Crippen molar-refractivity contribution in [2.45, 2.75) is 86.1 Å². The van der Waals surface area contributed by atoms with Crippen molar-refractivity contribution in [2.75, 3.05) is 6.61 Å². The Bertz CT molecular complexity index is 778. The summed E-state index contributed by atoms with van der Waals surface area (Å²) >= 11 is 0. The smallest absolute Gasteiger partial charge is 0.230 e. The average Bonchev–Trinajstić information content (AvgIpc) is 3.20. The van der Waals surface area contributed by atoms with Crippen LogP contribution < -0.4 is 0 Å². The topological polar surface area (TPSA) is 76.1 Å². The molecule has 2 atom stereocenters. The Morgan fingerprint density at radius 1 is 1.19 bits per heavy atom. The van der Waals surface area contributed by atoms with E-state index in [9.17, 15) is 13.5 Å². The van der Waals surface area contributed by atoms with Crippen LogP contribution in [0.2, 0.25) is 18.1 Å². The number of aliphatic hydroxyl groups is 1. The highest BCUT2D eigenvalue weighted by molar-refractivity contribution is 7.93. The number of sulfone groups is 1. The van der Waals surface area contributed by atoms with Gasteiger partial charge in [0.05, 0.1) is 11.5 Å². The molecule has 27 heavy (non-hydrogen) atoms. The number of benzene rings is 1. The molecule has 0 amide bonds. The summed E-state index contributed by atoms with van der Waals surface area (Å²) in [5, 5.41) is 11.3. The van der Waals surface area contributed by atoms with Gasteiger partial charge in [-0.1, -0.05) is 51.8 Å². The van der Waals surface area contributed by atoms with Crippen LogP contribution in [0.15, 0.2) is 35.2 Å². The van der Waals surface area contributed by atoms with E-state index in [1.165, 1.54) is 0 Å². The third-order valence-corrected chi connectivity index (χ3v) is 13.5. The minimum Gasteiger partial charge on any atom is -0.414 e. The lowest BCUT2D eigenvalue weighted by atomic mass is 9.95. The van der Waals surface area contributed by atoms with E-state index in [-0.39, 0.29) is 16.5 Å². The van der Waals surface area contributed by atoms with Gasteiger partial charge < -0.3 is 14.3 Å². The fraction of sp³-hybridized carbons (Fsp3) is 0.700. The van der Waals surface area contributed by atoms with Crippen LogP contribution in [0.25, 0.3) is 0 Å². The maximum absolute atomic E-state index is 13.5. The summed E-state index contributed by atoms with van der Waals surface area (Å²) in [5.74, 6) is 0. The summed E-state index contributed by atoms with van der Waals surface area (Å²) in [4.78, 5) is -1.40. The van der Waals surface area contributed by atoms with Gasteiger partial charge in [0.15, 0.2) is 8.32 Å². The Morgan fingerprint density at radius 2 is 1.74 bits per heavy atom. The Balaban J connectivity index is 1.92. The second-order valence-corrected chi connectivity index (χ2v) is 16.3. The van der Waals surface area contributed by atoms with Crippen LogP contribution in [-0.2, 0) is 19.0 Å². The van der Waals surface area contributed by atoms with E-state index in [2.05, 4.69) is 33.9 Å². The first-order chi connectivity index (χ1) is 12.4. The number of hydrogen-bond donors (Lipinski definition) is 1. The van der Waals surface area contributed by atoms with Crippen molar-refractivity contribution in [3.8, 4) is 0 Å². The van der Waals surface area contributed by atoms with E-state index in [0.717, 1.165) is 12.8 Å². The molecule has 2 fully saturated rings. The van der Waals surface area contributed by atoms with E-state index in [4.69, 9.17) is 9.16 Å². The molecule has 0 spiro atoms. The molecule has 0 bridgehead atoms. The van der Waals surface area contributed by atoms with E-state index in [1.54, 1.807) is 30.3 Å². The van der Waals surface area contributed by atoms with Gasteiger partial charge in [0, 0.05) is 0 Å². The Morgan fingerprint density at radius 3 is 2.26 bits per heavy atom. The summed E-state index contributed by atoms with van der Waals surface area (Å²) in [6, 6.07) is 8.32. The van der Waals surface area contributed by atoms with Crippen LogP contribution in [0.3, 0.4) is 0 Å². The number of ether oxygens (including phenoxy) is 1. The molecule has 2 aliphatic rings. The molecule has 1 aliphatic heterocycles. The second kappa shape index (κ2) is 6.66. The summed E-state index contributed by atoms with van der Waals surface area (Å²) in [5.41, 5.74) is -1.36. The van der Waals surface area contributed by atoms with Crippen LogP contribution in [0.5, 0.6) is 0 Å². The molecule has 0 unspecified atom stereocenters. The van der Waals surface area contributed by atoms with E-state index < -0.39 is 34.8 Å². The summed E-state index contributed by atoms with van der Waals surface area (Å²) in [6.45, 7) is 10.9. The molecule has 1 saturated carbocycles. The highest BCUT2D eigenvalue weighted by Gasteiger charge is 2.77. The van der Waals surface area contributed by atoms with Crippen molar-refractivity contribution in [1.29, 1.82) is 0 Å². The van der Waals surface area contributed by atoms with E-state index in [0.29, 0.717) is 12.8 Å². The maximum Gasteiger partial charge on any atom is 0.230 e. The molecular weight excluding hydrogens is 380 g/mol. The van der Waals surface area contributed by atoms with Crippen molar-refractivity contribution in [1.82, 2.24) is 0 Å². The SMILES string of the molecule is CC(C)(C)[Si](C)(C)OC[C@@H]1O[C@@]1(C1(O)CCCC1)S(=O)(=O)c1ccccc1. The molecule has 0 aromatic heterocycles. The van der Waals surface area contributed by atoms with Gasteiger partial charge in [-0.05, 0) is 43.1 Å². The molecule has 7 heteroatoms. The summed E-state index contributed by atoms with van der Waals surface area (Å²) in [7, 11) is -5.91. The fourth-order valence-corrected chi connectivity index (χ4v) is 7.03. The largest absolute Gasteiger partial charge is 0.414 e. The first-order valence-electron chi connectivity index (χ1n) is 9.71. The highest BCUT2D eigenvalue weighted by Crippen LogP contribution is 2.58. The standard InChI is InChI=1S/C20H32O5SSi/c1-18(2,3)27(4,5)24-15-17-20(25-17,19(21)13-9-10-14-19)26(22,23)16-11-7-6-8-12-16/h6-8,11-12,17,21H,9-10,13-15H2,1-5H3/t17-,20+/m0/s1. The van der Waals surface area contributed by atoms with E-state index >= 15 is 0 Å². The van der Waals surface area contributed by atoms with Crippen molar-refractivity contribution < 1.29 is 22.7 Å². The number of hydrogen-bond acceptors (Lipinski definition) is 5. The van der Waals surface area contributed by atoms with Gasteiger partial charge in [-0.15, -0.1) is 0 Å². The molecule has 1 aliphatic carbocycles. The monoisotopic (exact) mass is 412 g/mol. The Kier molecular flexibility index (Phi) is 5.18. The van der Waals surface area contributed by atoms with Crippen molar-refractivity contribution in [2.24, 2.45) is 0 Å². The molecule has 5 nitrogen and oxygen atoms in total. The molecule has 3 rings (SSSR count). The van der Waals surface area contributed by atoms with Gasteiger partial charge in [-0.2, -0.15) is 0 Å². The predicted octanol–water partition coefficient (Wildman–Crippen LogP) is 3.88. The zero-order chi connectivity index (χ0) is 20.1. The Hall–Kier alpha value is -0.733. The zero-order valence-corrected chi connectivity index (χ0v) is 18.8. The van der Waals surface area contributed by atoms with Crippen LogP contribution in [-0.4, -0.2) is 45.1 Å². The second-order valence-electron chi connectivity index (χ2n) is 9.40. The lowest BCUT2D eigenvalue weighted by Crippen LogP contribution is -2.51. The molecular formula is C20H32O5SSi. The first-order valence-corrected chi connectivity index (χ1v) is 14.1. The molecule has 1 aromatic rings. The highest BCUT2D eigenvalue weighted by atomic mass is 32.2. The molecule has 0 radical (unpaired) electrons. The normalized spacial score (nSPS) is 28.3. The fourth-order valence-electron chi connectivity index (χ4n) is 3.80. The van der Waals surface area contributed by atoms with Crippen LogP contribution in [0.1, 0.15) is 46.5 Å². The van der Waals surface area contributed by atoms with Gasteiger partial charge in [0.25, 0.3) is 0 Å². The quantitative estimate of drug-likeness (QED) is 0.567. The maximum atomic E-state index is 13.5. The van der Waals surface area contributed by atoms with Crippen molar-refractivity contribution >= 4 is 18.2 Å². The molecule has 1 N–H and O–H groups in total. The van der Waals surface area contributed by atoms with Crippen molar-refractivity contribution in [3.05, 3.63) is 30.3 Å². The van der Waals surface area contributed by atoms with Gasteiger partial charge in [0.2, 0.25) is 14.8 Å². The summed E-state index contributed by atoms with van der Waals surface area (Å²) in [6.07, 6.45) is 1.86. The van der Waals surface area contributed by atoms with Gasteiger partial charge >= 0.3 is 0 Å². The zero-order valence-electron chi connectivity index (χ0n) is 17.0. The lowest BCUT2D eigenvalue weighted by Gasteiger charge is -2.36. The van der Waals surface area contributed by atoms with Crippen LogP contribution in [0.4, 0.5) is 0 Å². The van der Waals surface area contributed by atoms with E-state index in [1.807, 2.05) is 0 Å². The lowest BCUT2D eigenvalue weighted by molar-refractivity contribution is 0.00121. The van der Waals surface area contributed by atoms with Crippen molar-refractivity contribution in [3.63, 3.8) is 0 Å². The number of epoxide rings is 1. The van der Waals surface area contributed by atoms with Crippen LogP contribution in [0, 0.1) is 0 Å². The predicted molar refractivity (Wildman–Crippen MR) is 108 cm³/mol. The third kappa shape index (κ3) is 3.31. The number of rotatable bonds is 6. The third-order valence-electron chi connectivity index (χ3n) is 6.62. The minimum atomic E-state index is -3.86. The van der Waals surface area contributed by atoms with Crippen LogP contribution >= 0.6 is 0 Å². The Labute approximate surface area is 164 Å². The summed E-state index contributed by atoms with van der Waals surface area (Å²) < 4.78 is 39.1. The van der Waals surface area contributed by atoms with Gasteiger partial charge in [-0.3, -0.25) is 0 Å². The molecule has 1 heterocycles. The molecule has 1 aromatic carbocycles. The first kappa shape index (κ1) is 21.0. The molecule has 1 saturated heterocycles.